The number of likely N-dealkylation sites (N-methyl/N-ethyl adjacent to an activating group) is 1. The molecule has 0 heterocycles. The Morgan fingerprint density at radius 1 is 0.457 bits per heavy atom. The van der Waals surface area contributed by atoms with Crippen molar-refractivity contribution < 1.29 is 37.3 Å². The van der Waals surface area contributed by atoms with Crippen LogP contribution in [0.1, 0.15) is 265 Å². The van der Waals surface area contributed by atoms with Gasteiger partial charge in [0, 0.05) is 12.8 Å². The van der Waals surface area contributed by atoms with Gasteiger partial charge in [0.25, 0.3) is 7.82 Å². The molecule has 3 unspecified atom stereocenters. The Kier molecular flexibility index (Phi) is 56.9. The topological polar surface area (TPSA) is 114 Å². The van der Waals surface area contributed by atoms with Crippen molar-refractivity contribution in [2.24, 2.45) is 0 Å². The van der Waals surface area contributed by atoms with Gasteiger partial charge in [0.15, 0.2) is 0 Å². The summed E-state index contributed by atoms with van der Waals surface area (Å²) in [6, 6.07) is -0.921. The molecular weight excluding hydrogens is 1020 g/mol. The van der Waals surface area contributed by atoms with Crippen LogP contribution in [0.4, 0.5) is 0 Å². The molecule has 1 N–H and O–H groups in total. The van der Waals surface area contributed by atoms with Crippen LogP contribution in [-0.4, -0.2) is 69.4 Å². The van der Waals surface area contributed by atoms with E-state index in [4.69, 9.17) is 13.8 Å². The second-order valence-electron chi connectivity index (χ2n) is 23.0. The predicted molar refractivity (Wildman–Crippen MR) is 348 cm³/mol. The molecule has 0 spiro atoms. The summed E-state index contributed by atoms with van der Waals surface area (Å²) in [5, 5.41) is 3.01. The molecule has 0 radical (unpaired) electrons. The van der Waals surface area contributed by atoms with Crippen molar-refractivity contribution in [2.75, 3.05) is 40.9 Å². The van der Waals surface area contributed by atoms with Crippen LogP contribution in [0, 0.1) is 0 Å². The molecule has 0 aromatic rings. The maximum Gasteiger partial charge on any atom is 0.306 e. The van der Waals surface area contributed by atoms with Gasteiger partial charge < -0.3 is 28.5 Å². The second kappa shape index (κ2) is 59.6. The normalized spacial score (nSPS) is 14.4. The van der Waals surface area contributed by atoms with E-state index in [2.05, 4.69) is 74.7 Å². The average Bonchev–Trinajstić information content (AvgIpc) is 3.44. The molecule has 81 heavy (non-hydrogen) atoms. The van der Waals surface area contributed by atoms with E-state index in [0.29, 0.717) is 17.4 Å². The zero-order valence-corrected chi connectivity index (χ0v) is 53.8. The summed E-state index contributed by atoms with van der Waals surface area (Å²) in [5.41, 5.74) is 0. The third-order valence-corrected chi connectivity index (χ3v) is 15.0. The molecular formula is C71H123N2O7P. The molecule has 0 aliphatic heterocycles. The fourth-order valence-electron chi connectivity index (χ4n) is 8.97. The van der Waals surface area contributed by atoms with E-state index >= 15 is 0 Å². The standard InChI is InChI=1S/C71H123N2O7P/c1-7-10-13-16-19-22-25-28-30-32-33-34-35-36-37-38-39-41-43-46-49-52-55-58-61-64-71(75)80-69(62-59-56-53-50-47-44-27-24-21-18-15-12-9-3)68(67-79-81(76,77)78-66-65-73(4,5)6)72-70(74)63-60-57-54-51-48-45-42-40-31-29-26-23-20-17-14-11-8-2/h11,14,17,19-20,22-23,26,28-31,33-34,40,42,45,48,59,62,68-69H,7-10,12-13,15-16,18,21,24-25,27,32,35-39,41,43-44,46-47,49-58,60-61,63-67H2,1-6H3,(H-,72,74,76,77)/b14-11-,20-17+,22-19-,26-23+,30-28-,31-29-,34-33-,42-40+,48-45+,62-59-. The lowest BCUT2D eigenvalue weighted by molar-refractivity contribution is -0.870. The Morgan fingerprint density at radius 2 is 0.840 bits per heavy atom. The monoisotopic (exact) mass is 1150 g/mol. The third-order valence-electron chi connectivity index (χ3n) is 14.0. The molecule has 0 rings (SSSR count). The van der Waals surface area contributed by atoms with Gasteiger partial charge >= 0.3 is 5.97 Å². The first-order chi connectivity index (χ1) is 39.4. The zero-order chi connectivity index (χ0) is 59.3. The fourth-order valence-corrected chi connectivity index (χ4v) is 9.70. The molecule has 10 heteroatoms. The highest BCUT2D eigenvalue weighted by atomic mass is 31.2. The van der Waals surface area contributed by atoms with Crippen molar-refractivity contribution in [3.05, 3.63) is 122 Å². The summed E-state index contributed by atoms with van der Waals surface area (Å²) in [6.07, 6.45) is 83.1. The lowest BCUT2D eigenvalue weighted by Gasteiger charge is -2.30. The number of esters is 1. The van der Waals surface area contributed by atoms with Crippen LogP contribution in [-0.2, 0) is 27.9 Å². The molecule has 0 fully saturated rings. The van der Waals surface area contributed by atoms with E-state index in [-0.39, 0.29) is 31.3 Å². The number of ether oxygens (including phenoxy) is 1. The van der Waals surface area contributed by atoms with E-state index in [9.17, 15) is 19.0 Å². The van der Waals surface area contributed by atoms with Gasteiger partial charge in [-0.25, -0.2) is 0 Å². The van der Waals surface area contributed by atoms with Crippen molar-refractivity contribution in [2.45, 2.75) is 277 Å². The van der Waals surface area contributed by atoms with Crippen molar-refractivity contribution in [1.29, 1.82) is 0 Å². The molecule has 464 valence electrons. The SMILES string of the molecule is CC\C=C/C=C/C=C/C=C\C=C\C=C\CCCCCC(=O)NC(COP(=O)([O-])OCC[N+](C)(C)C)C(/C=C\CCCCCCCCCCCCC)OC(=O)CCCCCCCCCCCCCC/C=C\C/C=C\C/C=C\CCCCC. The number of carbonyl (C=O) groups excluding carboxylic acids is 2. The number of unbranched alkanes of at least 4 members (excludes halogenated alkanes) is 29. The van der Waals surface area contributed by atoms with Crippen molar-refractivity contribution >= 4 is 19.7 Å². The minimum absolute atomic E-state index is 0.0379. The van der Waals surface area contributed by atoms with Crippen LogP contribution < -0.4 is 10.2 Å². The Hall–Kier alpha value is -3.59. The predicted octanol–water partition coefficient (Wildman–Crippen LogP) is 20.0. The van der Waals surface area contributed by atoms with Crippen LogP contribution in [0.25, 0.3) is 0 Å². The average molecular weight is 1150 g/mol. The number of phosphoric acid groups is 1. The largest absolute Gasteiger partial charge is 0.756 e. The van der Waals surface area contributed by atoms with Crippen LogP contribution in [0.5, 0.6) is 0 Å². The second-order valence-corrected chi connectivity index (χ2v) is 24.4. The van der Waals surface area contributed by atoms with Crippen LogP contribution in [0.3, 0.4) is 0 Å². The number of hydrogen-bond acceptors (Lipinski definition) is 7. The number of nitrogens with one attached hydrogen (secondary N) is 1. The molecule has 0 saturated heterocycles. The summed E-state index contributed by atoms with van der Waals surface area (Å²) < 4.78 is 30.3. The minimum Gasteiger partial charge on any atom is -0.756 e. The highest BCUT2D eigenvalue weighted by molar-refractivity contribution is 7.45. The summed E-state index contributed by atoms with van der Waals surface area (Å²) in [4.78, 5) is 40.1. The Balaban J connectivity index is 5.24. The van der Waals surface area contributed by atoms with Gasteiger partial charge in [-0.1, -0.05) is 284 Å². The highest BCUT2D eigenvalue weighted by Gasteiger charge is 2.27. The zero-order valence-electron chi connectivity index (χ0n) is 52.9. The fraction of sp³-hybridized carbons (Fsp3) is 0.690. The maximum atomic E-state index is 13.5. The van der Waals surface area contributed by atoms with Gasteiger partial charge in [-0.2, -0.15) is 0 Å². The first kappa shape index (κ1) is 77.4. The van der Waals surface area contributed by atoms with Gasteiger partial charge in [-0.05, 0) is 89.5 Å². The number of rotatable bonds is 58. The maximum absolute atomic E-state index is 13.5. The van der Waals surface area contributed by atoms with Crippen LogP contribution in [0.15, 0.2) is 122 Å². The lowest BCUT2D eigenvalue weighted by Crippen LogP contribution is -2.47. The number of allylic oxidation sites excluding steroid dienone is 19. The lowest BCUT2D eigenvalue weighted by atomic mass is 10.0. The number of hydrogen-bond donors (Lipinski definition) is 1. The Bertz CT molecular complexity index is 1800. The van der Waals surface area contributed by atoms with Crippen molar-refractivity contribution in [3.8, 4) is 0 Å². The van der Waals surface area contributed by atoms with Crippen molar-refractivity contribution in [3.63, 3.8) is 0 Å². The van der Waals surface area contributed by atoms with Crippen molar-refractivity contribution in [1.82, 2.24) is 5.32 Å². The molecule has 0 aliphatic rings. The first-order valence-corrected chi connectivity index (χ1v) is 34.4. The molecule has 1 amide bonds. The minimum atomic E-state index is -4.72. The van der Waals surface area contributed by atoms with E-state index in [0.717, 1.165) is 83.5 Å². The van der Waals surface area contributed by atoms with Gasteiger partial charge in [0.1, 0.15) is 19.3 Å². The van der Waals surface area contributed by atoms with E-state index in [1.165, 1.54) is 141 Å². The van der Waals surface area contributed by atoms with E-state index in [1.54, 1.807) is 0 Å². The summed E-state index contributed by atoms with van der Waals surface area (Å²) in [7, 11) is 1.14. The van der Waals surface area contributed by atoms with Gasteiger partial charge in [0.2, 0.25) is 5.91 Å². The Morgan fingerprint density at radius 3 is 1.33 bits per heavy atom. The Labute approximate surface area is 499 Å². The van der Waals surface area contributed by atoms with Crippen LogP contribution in [0.2, 0.25) is 0 Å². The number of phosphoric ester groups is 1. The van der Waals surface area contributed by atoms with Gasteiger partial charge in [-0.15, -0.1) is 0 Å². The molecule has 9 nitrogen and oxygen atoms in total. The first-order valence-electron chi connectivity index (χ1n) is 32.9. The van der Waals surface area contributed by atoms with Gasteiger partial charge in [-0.3, -0.25) is 14.2 Å². The summed E-state index contributed by atoms with van der Waals surface area (Å²) in [6.45, 7) is 6.63. The molecule has 0 aliphatic carbocycles. The quantitative estimate of drug-likeness (QED) is 0.0161. The third kappa shape index (κ3) is 60.8. The number of nitrogens with zero attached hydrogens (tertiary/aromatic N) is 1. The number of quaternary nitrogens is 1. The number of carbonyl (C=O) groups is 2. The summed E-state index contributed by atoms with van der Waals surface area (Å²) >= 11 is 0. The molecule has 0 aromatic heterocycles. The summed E-state index contributed by atoms with van der Waals surface area (Å²) in [5.74, 6) is -0.598. The molecule has 3 atom stereocenters. The molecule has 0 saturated carbocycles. The highest BCUT2D eigenvalue weighted by Crippen LogP contribution is 2.38. The number of amides is 1. The van der Waals surface area contributed by atoms with Crippen LogP contribution >= 0.6 is 7.82 Å². The smallest absolute Gasteiger partial charge is 0.306 e. The molecule has 0 bridgehead atoms. The van der Waals surface area contributed by atoms with E-state index in [1.807, 2.05) is 94.1 Å². The van der Waals surface area contributed by atoms with Gasteiger partial charge in [0.05, 0.1) is 33.8 Å². The molecule has 0 aromatic carbocycles. The van der Waals surface area contributed by atoms with E-state index < -0.39 is 26.6 Å².